The van der Waals surface area contributed by atoms with E-state index in [1.807, 2.05) is 31.2 Å². The van der Waals surface area contributed by atoms with Crippen LogP contribution in [0.5, 0.6) is 0 Å². The van der Waals surface area contributed by atoms with E-state index in [1.54, 1.807) is 49.4 Å². The molecule has 0 fully saturated rings. The van der Waals surface area contributed by atoms with Crippen molar-refractivity contribution in [1.29, 1.82) is 0 Å². The molecule has 0 atom stereocenters. The number of ether oxygens (including phenoxy) is 1. The average molecular weight is 394 g/mol. The Balaban J connectivity index is 1.87. The third-order valence-corrected chi connectivity index (χ3v) is 4.62. The lowest BCUT2D eigenvalue weighted by Gasteiger charge is -2.13. The summed E-state index contributed by atoms with van der Waals surface area (Å²) in [5, 5.41) is 3.51. The molecule has 0 spiro atoms. The summed E-state index contributed by atoms with van der Waals surface area (Å²) in [6.45, 7) is 3.95. The summed E-state index contributed by atoms with van der Waals surface area (Å²) < 4.78 is 5.09. The van der Waals surface area contributed by atoms with E-state index in [1.165, 1.54) is 0 Å². The number of benzene rings is 3. The van der Waals surface area contributed by atoms with Crippen molar-refractivity contribution in [3.05, 3.63) is 94.0 Å². The predicted octanol–water partition coefficient (Wildman–Crippen LogP) is 5.80. The molecule has 142 valence electrons. The first-order valence-electron chi connectivity index (χ1n) is 8.94. The number of halogens is 1. The van der Waals surface area contributed by atoms with Crippen LogP contribution in [-0.4, -0.2) is 18.4 Å². The Kier molecular flexibility index (Phi) is 6.12. The van der Waals surface area contributed by atoms with Crippen molar-refractivity contribution in [1.82, 2.24) is 0 Å². The zero-order valence-electron chi connectivity index (χ0n) is 15.7. The molecular formula is C23H20ClNO3. The number of ketones is 1. The molecule has 0 radical (unpaired) electrons. The van der Waals surface area contributed by atoms with Gasteiger partial charge >= 0.3 is 5.97 Å². The largest absolute Gasteiger partial charge is 0.462 e. The van der Waals surface area contributed by atoms with Crippen LogP contribution in [0.3, 0.4) is 0 Å². The SMILES string of the molecule is CCOC(=O)c1ccccc1Nc1ccc(C(=O)c2ccccc2C)c(Cl)c1. The van der Waals surface area contributed by atoms with Crippen LogP contribution >= 0.6 is 11.6 Å². The number of hydrogen-bond donors (Lipinski definition) is 1. The van der Waals surface area contributed by atoms with Gasteiger partial charge in [-0.05, 0) is 49.7 Å². The van der Waals surface area contributed by atoms with Crippen molar-refractivity contribution in [3.8, 4) is 0 Å². The number of anilines is 2. The number of carbonyl (C=O) groups is 2. The Labute approximate surface area is 169 Å². The number of hydrogen-bond acceptors (Lipinski definition) is 4. The highest BCUT2D eigenvalue weighted by Gasteiger charge is 2.16. The summed E-state index contributed by atoms with van der Waals surface area (Å²) in [5.41, 5.74) is 3.66. The molecule has 1 N–H and O–H groups in total. The van der Waals surface area contributed by atoms with Crippen molar-refractivity contribution >= 4 is 34.7 Å². The third kappa shape index (κ3) is 4.24. The van der Waals surface area contributed by atoms with Crippen LogP contribution in [0.1, 0.15) is 38.8 Å². The summed E-state index contributed by atoms with van der Waals surface area (Å²) in [6, 6.07) is 19.6. The summed E-state index contributed by atoms with van der Waals surface area (Å²) in [5.74, 6) is -0.523. The number of carbonyl (C=O) groups excluding carboxylic acids is 2. The summed E-state index contributed by atoms with van der Waals surface area (Å²) in [6.07, 6.45) is 0. The fourth-order valence-electron chi connectivity index (χ4n) is 2.88. The number of para-hydroxylation sites is 1. The molecular weight excluding hydrogens is 374 g/mol. The monoisotopic (exact) mass is 393 g/mol. The molecule has 0 saturated heterocycles. The normalized spacial score (nSPS) is 10.4. The first kappa shape index (κ1) is 19.6. The molecule has 28 heavy (non-hydrogen) atoms. The molecule has 0 aliphatic rings. The maximum atomic E-state index is 12.8. The quantitative estimate of drug-likeness (QED) is 0.424. The Morgan fingerprint density at radius 1 is 0.929 bits per heavy atom. The Morgan fingerprint density at radius 2 is 1.61 bits per heavy atom. The van der Waals surface area contributed by atoms with Crippen LogP contribution < -0.4 is 5.32 Å². The molecule has 3 aromatic rings. The second kappa shape index (κ2) is 8.72. The molecule has 3 rings (SSSR count). The lowest BCUT2D eigenvalue weighted by Crippen LogP contribution is -2.08. The van der Waals surface area contributed by atoms with Crippen LogP contribution in [0, 0.1) is 6.92 Å². The highest BCUT2D eigenvalue weighted by atomic mass is 35.5. The fourth-order valence-corrected chi connectivity index (χ4v) is 3.15. The van der Waals surface area contributed by atoms with Gasteiger partial charge in [0.25, 0.3) is 0 Å². The predicted molar refractivity (Wildman–Crippen MR) is 112 cm³/mol. The number of aryl methyl sites for hydroxylation is 1. The Hall–Kier alpha value is -3.11. The number of rotatable bonds is 6. The molecule has 0 aromatic heterocycles. The van der Waals surface area contributed by atoms with Gasteiger partial charge in [0, 0.05) is 16.8 Å². The van der Waals surface area contributed by atoms with Crippen LogP contribution in [0.15, 0.2) is 66.7 Å². The van der Waals surface area contributed by atoms with E-state index in [4.69, 9.17) is 16.3 Å². The zero-order chi connectivity index (χ0) is 20.1. The van der Waals surface area contributed by atoms with E-state index >= 15 is 0 Å². The van der Waals surface area contributed by atoms with E-state index < -0.39 is 5.97 Å². The molecule has 5 heteroatoms. The van der Waals surface area contributed by atoms with Crippen LogP contribution in [0.25, 0.3) is 0 Å². The molecule has 4 nitrogen and oxygen atoms in total. The molecule has 0 saturated carbocycles. The second-order valence-electron chi connectivity index (χ2n) is 6.23. The minimum Gasteiger partial charge on any atom is -0.462 e. The second-order valence-corrected chi connectivity index (χ2v) is 6.64. The zero-order valence-corrected chi connectivity index (χ0v) is 16.4. The maximum Gasteiger partial charge on any atom is 0.340 e. The molecule has 0 heterocycles. The van der Waals surface area contributed by atoms with Gasteiger partial charge in [-0.25, -0.2) is 4.79 Å². The fraction of sp³-hybridized carbons (Fsp3) is 0.130. The summed E-state index contributed by atoms with van der Waals surface area (Å²) in [7, 11) is 0. The molecule has 0 aliphatic heterocycles. The Bertz CT molecular complexity index is 1030. The standard InChI is InChI=1S/C23H20ClNO3/c1-3-28-23(27)19-10-6-7-11-21(19)25-16-12-13-18(20(24)14-16)22(26)17-9-5-4-8-15(17)2/h4-14,25H,3H2,1-2H3. The lowest BCUT2D eigenvalue weighted by molar-refractivity contribution is 0.0527. The average Bonchev–Trinajstić information content (AvgIpc) is 2.68. The van der Waals surface area contributed by atoms with Crippen molar-refractivity contribution in [2.24, 2.45) is 0 Å². The number of nitrogens with one attached hydrogen (secondary N) is 1. The molecule has 0 aliphatic carbocycles. The smallest absolute Gasteiger partial charge is 0.340 e. The topological polar surface area (TPSA) is 55.4 Å². The van der Waals surface area contributed by atoms with Gasteiger partial charge in [-0.2, -0.15) is 0 Å². The van der Waals surface area contributed by atoms with Crippen LogP contribution in [0.2, 0.25) is 5.02 Å². The van der Waals surface area contributed by atoms with E-state index in [0.29, 0.717) is 39.7 Å². The van der Waals surface area contributed by atoms with Gasteiger partial charge in [0.1, 0.15) is 0 Å². The number of esters is 1. The Morgan fingerprint density at radius 3 is 2.29 bits per heavy atom. The molecule has 3 aromatic carbocycles. The molecule has 0 amide bonds. The minimum atomic E-state index is -0.400. The first-order chi connectivity index (χ1) is 13.5. The highest BCUT2D eigenvalue weighted by molar-refractivity contribution is 6.35. The first-order valence-corrected chi connectivity index (χ1v) is 9.32. The van der Waals surface area contributed by atoms with E-state index in [9.17, 15) is 9.59 Å². The van der Waals surface area contributed by atoms with Gasteiger partial charge in [-0.3, -0.25) is 4.79 Å². The van der Waals surface area contributed by atoms with Gasteiger partial charge < -0.3 is 10.1 Å². The molecule has 0 bridgehead atoms. The van der Waals surface area contributed by atoms with Gasteiger partial charge in [-0.1, -0.05) is 48.0 Å². The van der Waals surface area contributed by atoms with Crippen molar-refractivity contribution in [2.75, 3.05) is 11.9 Å². The maximum absolute atomic E-state index is 12.8. The minimum absolute atomic E-state index is 0.124. The summed E-state index contributed by atoms with van der Waals surface area (Å²) >= 11 is 6.39. The van der Waals surface area contributed by atoms with Gasteiger partial charge in [-0.15, -0.1) is 0 Å². The van der Waals surface area contributed by atoms with Crippen molar-refractivity contribution in [3.63, 3.8) is 0 Å². The van der Waals surface area contributed by atoms with Crippen molar-refractivity contribution < 1.29 is 14.3 Å². The van der Waals surface area contributed by atoms with Gasteiger partial charge in [0.05, 0.1) is 22.9 Å². The lowest BCUT2D eigenvalue weighted by atomic mass is 9.99. The van der Waals surface area contributed by atoms with Gasteiger partial charge in [0.2, 0.25) is 0 Å². The van der Waals surface area contributed by atoms with Gasteiger partial charge in [0.15, 0.2) is 5.78 Å². The molecule has 0 unspecified atom stereocenters. The highest BCUT2D eigenvalue weighted by Crippen LogP contribution is 2.28. The van der Waals surface area contributed by atoms with Crippen LogP contribution in [0.4, 0.5) is 11.4 Å². The van der Waals surface area contributed by atoms with E-state index in [2.05, 4.69) is 5.32 Å². The van der Waals surface area contributed by atoms with Crippen molar-refractivity contribution in [2.45, 2.75) is 13.8 Å². The van der Waals surface area contributed by atoms with E-state index in [-0.39, 0.29) is 5.78 Å². The third-order valence-electron chi connectivity index (χ3n) is 4.30. The van der Waals surface area contributed by atoms with E-state index in [0.717, 1.165) is 5.56 Å². The van der Waals surface area contributed by atoms with Crippen LogP contribution in [-0.2, 0) is 4.74 Å². The summed E-state index contributed by atoms with van der Waals surface area (Å²) in [4.78, 5) is 24.9.